The van der Waals surface area contributed by atoms with Crippen molar-refractivity contribution in [2.75, 3.05) is 0 Å². The Kier molecular flexibility index (Phi) is 3.71. The van der Waals surface area contributed by atoms with Crippen LogP contribution in [-0.2, 0) is 6.54 Å². The van der Waals surface area contributed by atoms with Gasteiger partial charge in [-0.3, -0.25) is 5.10 Å². The second-order valence-electron chi connectivity index (χ2n) is 6.00. The van der Waals surface area contributed by atoms with Crippen LogP contribution < -0.4 is 0 Å². The van der Waals surface area contributed by atoms with E-state index < -0.39 is 0 Å². The Morgan fingerprint density at radius 2 is 2.00 bits per heavy atom. The fraction of sp³-hybridized carbons (Fsp3) is 0.846. The zero-order valence-electron chi connectivity index (χ0n) is 11.1. The maximum atomic E-state index is 5.36. The molecule has 0 unspecified atom stereocenters. The normalized spacial score (nSPS) is 19.8. The molecule has 1 aromatic heterocycles. The van der Waals surface area contributed by atoms with Gasteiger partial charge in [0.15, 0.2) is 4.77 Å². The maximum absolute atomic E-state index is 5.36. The van der Waals surface area contributed by atoms with E-state index in [2.05, 4.69) is 35.5 Å². The number of aromatic amines is 1. The standard InChI is InChI=1S/C13H23N3S/c1-10(2)11-14-15-12(17)16(11)9-13(3)7-5-4-6-8-13/h10H,4-9H2,1-3H3,(H,15,17). The van der Waals surface area contributed by atoms with Gasteiger partial charge in [-0.25, -0.2) is 0 Å². The van der Waals surface area contributed by atoms with Crippen molar-refractivity contribution in [1.29, 1.82) is 0 Å². The highest BCUT2D eigenvalue weighted by Crippen LogP contribution is 2.37. The van der Waals surface area contributed by atoms with Crippen molar-refractivity contribution in [3.63, 3.8) is 0 Å². The van der Waals surface area contributed by atoms with Crippen LogP contribution in [0.15, 0.2) is 0 Å². The molecule has 1 aliphatic carbocycles. The highest BCUT2D eigenvalue weighted by Gasteiger charge is 2.28. The summed E-state index contributed by atoms with van der Waals surface area (Å²) in [5.41, 5.74) is 0.407. The highest BCUT2D eigenvalue weighted by molar-refractivity contribution is 7.71. The molecule has 0 bridgehead atoms. The van der Waals surface area contributed by atoms with Crippen molar-refractivity contribution >= 4 is 12.2 Å². The van der Waals surface area contributed by atoms with Gasteiger partial charge in [-0.15, -0.1) is 0 Å². The molecule has 1 aromatic rings. The average molecular weight is 253 g/mol. The lowest BCUT2D eigenvalue weighted by Crippen LogP contribution is -2.27. The van der Waals surface area contributed by atoms with Crippen LogP contribution in [-0.4, -0.2) is 14.8 Å². The molecule has 0 saturated heterocycles. The van der Waals surface area contributed by atoms with E-state index in [0.717, 1.165) is 17.1 Å². The first-order valence-electron chi connectivity index (χ1n) is 6.67. The van der Waals surface area contributed by atoms with E-state index in [4.69, 9.17) is 12.2 Å². The highest BCUT2D eigenvalue weighted by atomic mass is 32.1. The summed E-state index contributed by atoms with van der Waals surface area (Å²) in [4.78, 5) is 0. The maximum Gasteiger partial charge on any atom is 0.195 e. The van der Waals surface area contributed by atoms with Crippen LogP contribution in [0.25, 0.3) is 0 Å². The van der Waals surface area contributed by atoms with Crippen LogP contribution in [0.2, 0.25) is 0 Å². The molecular formula is C13H23N3S. The summed E-state index contributed by atoms with van der Waals surface area (Å²) in [6, 6.07) is 0. The molecule has 1 heterocycles. The van der Waals surface area contributed by atoms with E-state index in [1.807, 2.05) is 0 Å². The third kappa shape index (κ3) is 2.79. The molecule has 1 saturated carbocycles. The van der Waals surface area contributed by atoms with Crippen LogP contribution in [0.1, 0.15) is 64.6 Å². The summed E-state index contributed by atoms with van der Waals surface area (Å²) < 4.78 is 2.99. The second-order valence-corrected chi connectivity index (χ2v) is 6.39. The lowest BCUT2D eigenvalue weighted by atomic mass is 9.75. The minimum Gasteiger partial charge on any atom is -0.303 e. The summed E-state index contributed by atoms with van der Waals surface area (Å²) in [5, 5.41) is 7.30. The first kappa shape index (κ1) is 12.8. The molecule has 0 atom stereocenters. The molecule has 1 fully saturated rings. The number of aromatic nitrogens is 3. The van der Waals surface area contributed by atoms with Crippen LogP contribution >= 0.6 is 12.2 Å². The molecule has 3 nitrogen and oxygen atoms in total. The van der Waals surface area contributed by atoms with Crippen LogP contribution in [0.5, 0.6) is 0 Å². The van der Waals surface area contributed by atoms with Crippen molar-refractivity contribution in [1.82, 2.24) is 14.8 Å². The monoisotopic (exact) mass is 253 g/mol. The van der Waals surface area contributed by atoms with Gasteiger partial charge in [0, 0.05) is 12.5 Å². The first-order chi connectivity index (χ1) is 8.02. The number of nitrogens with one attached hydrogen (secondary N) is 1. The van der Waals surface area contributed by atoms with Crippen molar-refractivity contribution in [2.45, 2.75) is 65.3 Å². The number of rotatable bonds is 3. The predicted molar refractivity (Wildman–Crippen MR) is 72.7 cm³/mol. The number of nitrogens with zero attached hydrogens (tertiary/aromatic N) is 2. The summed E-state index contributed by atoms with van der Waals surface area (Å²) in [5.74, 6) is 1.52. The fourth-order valence-corrected chi connectivity index (χ4v) is 3.07. The van der Waals surface area contributed by atoms with Gasteiger partial charge in [0.2, 0.25) is 0 Å². The van der Waals surface area contributed by atoms with Crippen LogP contribution in [0.4, 0.5) is 0 Å². The van der Waals surface area contributed by atoms with Gasteiger partial charge in [0.05, 0.1) is 0 Å². The molecule has 1 N–H and O–H groups in total. The summed E-state index contributed by atoms with van der Waals surface area (Å²) in [6.45, 7) is 7.76. The van der Waals surface area contributed by atoms with E-state index in [9.17, 15) is 0 Å². The molecule has 0 radical (unpaired) electrons. The molecule has 1 aliphatic rings. The lowest BCUT2D eigenvalue weighted by Gasteiger charge is -2.34. The molecule has 0 aliphatic heterocycles. The Labute approximate surface area is 109 Å². The Morgan fingerprint density at radius 3 is 2.59 bits per heavy atom. The first-order valence-corrected chi connectivity index (χ1v) is 7.08. The van der Waals surface area contributed by atoms with Crippen LogP contribution in [0.3, 0.4) is 0 Å². The number of H-pyrrole nitrogens is 1. The fourth-order valence-electron chi connectivity index (χ4n) is 2.87. The van der Waals surface area contributed by atoms with E-state index in [1.165, 1.54) is 32.1 Å². The zero-order chi connectivity index (χ0) is 12.5. The van der Waals surface area contributed by atoms with Crippen molar-refractivity contribution < 1.29 is 0 Å². The molecule has 4 heteroatoms. The Bertz CT molecular complexity index is 424. The zero-order valence-corrected chi connectivity index (χ0v) is 11.9. The molecule has 0 spiro atoms. The summed E-state index contributed by atoms with van der Waals surface area (Å²) >= 11 is 5.36. The quantitative estimate of drug-likeness (QED) is 0.825. The van der Waals surface area contributed by atoms with Crippen molar-refractivity contribution in [3.05, 3.63) is 10.6 Å². The van der Waals surface area contributed by atoms with Gasteiger partial charge in [0.25, 0.3) is 0 Å². The third-order valence-electron chi connectivity index (χ3n) is 3.90. The van der Waals surface area contributed by atoms with E-state index >= 15 is 0 Å². The minimum absolute atomic E-state index is 0.407. The molecule has 2 rings (SSSR count). The lowest BCUT2D eigenvalue weighted by molar-refractivity contribution is 0.179. The Morgan fingerprint density at radius 1 is 1.35 bits per heavy atom. The average Bonchev–Trinajstić information content (AvgIpc) is 2.61. The van der Waals surface area contributed by atoms with Gasteiger partial charge in [-0.1, -0.05) is 40.0 Å². The summed E-state index contributed by atoms with van der Waals surface area (Å²) in [6.07, 6.45) is 6.75. The van der Waals surface area contributed by atoms with Gasteiger partial charge in [-0.2, -0.15) is 5.10 Å². The van der Waals surface area contributed by atoms with Gasteiger partial charge in [-0.05, 0) is 30.5 Å². The predicted octanol–water partition coefficient (Wildman–Crippen LogP) is 4.03. The van der Waals surface area contributed by atoms with Crippen molar-refractivity contribution in [3.8, 4) is 0 Å². The van der Waals surface area contributed by atoms with E-state index in [0.29, 0.717) is 11.3 Å². The molecular weight excluding hydrogens is 230 g/mol. The minimum atomic E-state index is 0.407. The summed E-state index contributed by atoms with van der Waals surface area (Å²) in [7, 11) is 0. The Hall–Kier alpha value is -0.640. The second kappa shape index (κ2) is 4.92. The smallest absolute Gasteiger partial charge is 0.195 e. The van der Waals surface area contributed by atoms with E-state index in [1.54, 1.807) is 0 Å². The molecule has 0 amide bonds. The van der Waals surface area contributed by atoms with Gasteiger partial charge >= 0.3 is 0 Å². The molecule has 17 heavy (non-hydrogen) atoms. The van der Waals surface area contributed by atoms with E-state index in [-0.39, 0.29) is 0 Å². The van der Waals surface area contributed by atoms with Crippen LogP contribution in [0, 0.1) is 10.2 Å². The number of hydrogen-bond donors (Lipinski definition) is 1. The largest absolute Gasteiger partial charge is 0.303 e. The Balaban J connectivity index is 2.22. The SMILES string of the molecule is CC(C)c1n[nH]c(=S)n1CC1(C)CCCCC1. The topological polar surface area (TPSA) is 33.6 Å². The van der Waals surface area contributed by atoms with Crippen molar-refractivity contribution in [2.24, 2.45) is 5.41 Å². The third-order valence-corrected chi connectivity index (χ3v) is 4.22. The van der Waals surface area contributed by atoms with Gasteiger partial charge in [0.1, 0.15) is 5.82 Å². The molecule has 96 valence electrons. The number of hydrogen-bond acceptors (Lipinski definition) is 2. The molecule has 0 aromatic carbocycles. The van der Waals surface area contributed by atoms with Gasteiger partial charge < -0.3 is 4.57 Å².